The first-order chi connectivity index (χ1) is 12.8. The summed E-state index contributed by atoms with van der Waals surface area (Å²) in [5.74, 6) is 0.144. The Balaban J connectivity index is 1.41. The van der Waals surface area contributed by atoms with E-state index in [0.717, 1.165) is 42.1 Å². The van der Waals surface area contributed by atoms with Crippen LogP contribution in [0.3, 0.4) is 0 Å². The first-order valence-corrected chi connectivity index (χ1v) is 10.1. The second-order valence-electron chi connectivity index (χ2n) is 7.26. The minimum Gasteiger partial charge on any atom is -0.330 e. The van der Waals surface area contributed by atoms with Crippen molar-refractivity contribution in [1.82, 2.24) is 19.6 Å². The highest BCUT2D eigenvalue weighted by atomic mass is 32.1. The summed E-state index contributed by atoms with van der Waals surface area (Å²) in [7, 11) is 0. The molecule has 0 bridgehead atoms. The van der Waals surface area contributed by atoms with E-state index in [9.17, 15) is 4.79 Å². The number of thiophene rings is 1. The van der Waals surface area contributed by atoms with Crippen molar-refractivity contribution in [3.05, 3.63) is 53.2 Å². The van der Waals surface area contributed by atoms with Crippen molar-refractivity contribution < 1.29 is 4.79 Å². The Morgan fingerprint density at radius 1 is 1.19 bits per heavy atom. The molecule has 0 N–H and O–H groups in total. The van der Waals surface area contributed by atoms with Crippen LogP contribution in [0.1, 0.15) is 34.2 Å². The van der Waals surface area contributed by atoms with Crippen LogP contribution < -0.4 is 0 Å². The Morgan fingerprint density at radius 2 is 2.04 bits per heavy atom. The van der Waals surface area contributed by atoms with E-state index in [1.807, 2.05) is 35.4 Å². The van der Waals surface area contributed by atoms with E-state index >= 15 is 0 Å². The number of nitrogens with zero attached hydrogens (tertiary/aromatic N) is 4. The zero-order valence-electron chi connectivity index (χ0n) is 14.7. The molecule has 5 nitrogen and oxygen atoms in total. The molecular formula is C20H22N4OS. The number of aromatic nitrogens is 2. The lowest BCUT2D eigenvalue weighted by molar-refractivity contribution is 0.0651. The van der Waals surface area contributed by atoms with E-state index in [1.165, 1.54) is 17.5 Å². The SMILES string of the molecule is O=C(c1cc2ccccc2s1)N1Cc2ccnn2[C@@H](CN2CCCC2)C1. The average Bonchev–Trinajstić information content (AvgIpc) is 3.40. The molecule has 0 aliphatic carbocycles. The molecule has 1 atom stereocenters. The van der Waals surface area contributed by atoms with Gasteiger partial charge in [-0.1, -0.05) is 18.2 Å². The van der Waals surface area contributed by atoms with E-state index in [0.29, 0.717) is 6.54 Å². The number of benzene rings is 1. The monoisotopic (exact) mass is 366 g/mol. The maximum Gasteiger partial charge on any atom is 0.264 e. The molecule has 2 aromatic heterocycles. The lowest BCUT2D eigenvalue weighted by Gasteiger charge is -2.35. The minimum absolute atomic E-state index is 0.144. The second kappa shape index (κ2) is 6.52. The minimum atomic E-state index is 0.144. The quantitative estimate of drug-likeness (QED) is 0.713. The highest BCUT2D eigenvalue weighted by Crippen LogP contribution is 2.29. The van der Waals surface area contributed by atoms with Crippen LogP contribution in [0.2, 0.25) is 0 Å². The molecule has 5 rings (SSSR count). The van der Waals surface area contributed by atoms with Crippen molar-refractivity contribution in [2.24, 2.45) is 0 Å². The van der Waals surface area contributed by atoms with Gasteiger partial charge < -0.3 is 9.80 Å². The van der Waals surface area contributed by atoms with Gasteiger partial charge in [-0.2, -0.15) is 5.10 Å². The van der Waals surface area contributed by atoms with Crippen molar-refractivity contribution in [2.75, 3.05) is 26.2 Å². The van der Waals surface area contributed by atoms with E-state index in [-0.39, 0.29) is 11.9 Å². The van der Waals surface area contributed by atoms with Crippen LogP contribution in [0.5, 0.6) is 0 Å². The number of carbonyl (C=O) groups is 1. The molecule has 1 amide bonds. The summed E-state index contributed by atoms with van der Waals surface area (Å²) in [5, 5.41) is 5.69. The van der Waals surface area contributed by atoms with Crippen molar-refractivity contribution >= 4 is 27.3 Å². The third-order valence-corrected chi connectivity index (χ3v) is 6.58. The fraction of sp³-hybridized carbons (Fsp3) is 0.400. The van der Waals surface area contributed by atoms with E-state index < -0.39 is 0 Å². The van der Waals surface area contributed by atoms with E-state index in [2.05, 4.69) is 26.8 Å². The molecule has 1 saturated heterocycles. The van der Waals surface area contributed by atoms with Crippen molar-refractivity contribution in [3.63, 3.8) is 0 Å². The Morgan fingerprint density at radius 3 is 2.88 bits per heavy atom. The number of rotatable bonds is 3. The Labute approximate surface area is 156 Å². The molecule has 1 aromatic carbocycles. The van der Waals surface area contributed by atoms with Gasteiger partial charge in [-0.05, 0) is 49.5 Å². The Bertz CT molecular complexity index is 907. The third-order valence-electron chi connectivity index (χ3n) is 5.47. The van der Waals surface area contributed by atoms with Gasteiger partial charge in [0.1, 0.15) is 0 Å². The van der Waals surface area contributed by atoms with Gasteiger partial charge in [-0.3, -0.25) is 9.48 Å². The van der Waals surface area contributed by atoms with Gasteiger partial charge in [0.2, 0.25) is 0 Å². The molecule has 2 aliphatic rings. The number of hydrogen-bond donors (Lipinski definition) is 0. The van der Waals surface area contributed by atoms with Crippen LogP contribution in [-0.2, 0) is 6.54 Å². The van der Waals surface area contributed by atoms with Crippen molar-refractivity contribution in [1.29, 1.82) is 0 Å². The number of hydrogen-bond acceptors (Lipinski definition) is 4. The van der Waals surface area contributed by atoms with Gasteiger partial charge in [0, 0.05) is 24.0 Å². The van der Waals surface area contributed by atoms with Crippen LogP contribution in [0.4, 0.5) is 0 Å². The molecule has 26 heavy (non-hydrogen) atoms. The predicted octanol–water partition coefficient (Wildman–Crippen LogP) is 3.39. The van der Waals surface area contributed by atoms with Gasteiger partial charge in [0.25, 0.3) is 5.91 Å². The fourth-order valence-corrected chi connectivity index (χ4v) is 5.21. The van der Waals surface area contributed by atoms with Gasteiger partial charge in [-0.15, -0.1) is 11.3 Å². The highest BCUT2D eigenvalue weighted by molar-refractivity contribution is 7.20. The molecule has 0 spiro atoms. The van der Waals surface area contributed by atoms with Crippen LogP contribution >= 0.6 is 11.3 Å². The van der Waals surface area contributed by atoms with Crippen LogP contribution in [0.25, 0.3) is 10.1 Å². The normalized spacial score (nSPS) is 20.6. The summed E-state index contributed by atoms with van der Waals surface area (Å²) in [6.07, 6.45) is 4.42. The van der Waals surface area contributed by atoms with Crippen LogP contribution in [0.15, 0.2) is 42.6 Å². The number of carbonyl (C=O) groups excluding carboxylic acids is 1. The first-order valence-electron chi connectivity index (χ1n) is 9.30. The molecule has 3 aromatic rings. The Kier molecular flexibility index (Phi) is 4.02. The summed E-state index contributed by atoms with van der Waals surface area (Å²) < 4.78 is 3.30. The maximum absolute atomic E-state index is 13.2. The lowest BCUT2D eigenvalue weighted by atomic mass is 10.1. The van der Waals surface area contributed by atoms with Crippen LogP contribution in [0, 0.1) is 0 Å². The zero-order valence-corrected chi connectivity index (χ0v) is 15.5. The van der Waals surface area contributed by atoms with Gasteiger partial charge in [-0.25, -0.2) is 0 Å². The second-order valence-corrected chi connectivity index (χ2v) is 8.35. The molecule has 134 valence electrons. The topological polar surface area (TPSA) is 41.4 Å². The van der Waals surface area contributed by atoms with Gasteiger partial charge in [0.05, 0.1) is 23.2 Å². The molecule has 4 heterocycles. The molecule has 0 unspecified atom stereocenters. The van der Waals surface area contributed by atoms with E-state index in [4.69, 9.17) is 0 Å². The number of amides is 1. The predicted molar refractivity (Wildman–Crippen MR) is 104 cm³/mol. The smallest absolute Gasteiger partial charge is 0.264 e. The van der Waals surface area contributed by atoms with E-state index in [1.54, 1.807) is 11.3 Å². The Hall–Kier alpha value is -2.18. The summed E-state index contributed by atoms with van der Waals surface area (Å²) in [6, 6.07) is 12.5. The summed E-state index contributed by atoms with van der Waals surface area (Å²) in [5.41, 5.74) is 1.13. The molecule has 0 saturated carbocycles. The molecular weight excluding hydrogens is 344 g/mol. The first kappa shape index (κ1) is 16.0. The molecule has 2 aliphatic heterocycles. The highest BCUT2D eigenvalue weighted by Gasteiger charge is 2.31. The summed E-state index contributed by atoms with van der Waals surface area (Å²) in [4.78, 5) is 18.5. The fourth-order valence-electron chi connectivity index (χ4n) is 4.18. The third kappa shape index (κ3) is 2.83. The largest absolute Gasteiger partial charge is 0.330 e. The standard InChI is InChI=1S/C20H22N4OS/c25-20(19-11-15-5-1-2-6-18(15)26-19)23-13-16-7-8-21-24(16)17(14-23)12-22-9-3-4-10-22/h1-2,5-8,11,17H,3-4,9-10,12-14H2/t17-/m0/s1. The maximum atomic E-state index is 13.2. The average molecular weight is 366 g/mol. The van der Waals surface area contributed by atoms with Crippen LogP contribution in [-0.4, -0.2) is 51.7 Å². The molecule has 6 heteroatoms. The van der Waals surface area contributed by atoms with Crippen molar-refractivity contribution in [3.8, 4) is 0 Å². The number of fused-ring (bicyclic) bond motifs is 2. The van der Waals surface area contributed by atoms with Gasteiger partial charge >= 0.3 is 0 Å². The molecule has 0 radical (unpaired) electrons. The zero-order chi connectivity index (χ0) is 17.5. The lowest BCUT2D eigenvalue weighted by Crippen LogP contribution is -2.44. The summed E-state index contributed by atoms with van der Waals surface area (Å²) in [6.45, 7) is 4.68. The van der Waals surface area contributed by atoms with Crippen molar-refractivity contribution in [2.45, 2.75) is 25.4 Å². The summed E-state index contributed by atoms with van der Waals surface area (Å²) >= 11 is 1.59. The van der Waals surface area contributed by atoms with Gasteiger partial charge in [0.15, 0.2) is 0 Å². The molecule has 1 fully saturated rings. The number of likely N-dealkylation sites (tertiary alicyclic amines) is 1.